The van der Waals surface area contributed by atoms with Gasteiger partial charge in [0.25, 0.3) is 0 Å². The van der Waals surface area contributed by atoms with Crippen molar-refractivity contribution in [3.05, 3.63) is 29.8 Å². The lowest BCUT2D eigenvalue weighted by Crippen LogP contribution is -2.15. The van der Waals surface area contributed by atoms with Crippen LogP contribution in [0.3, 0.4) is 0 Å². The molecular formula is C14H19NO. The van der Waals surface area contributed by atoms with Crippen LogP contribution in [0.2, 0.25) is 0 Å². The van der Waals surface area contributed by atoms with Gasteiger partial charge in [-0.25, -0.2) is 0 Å². The van der Waals surface area contributed by atoms with E-state index in [1.165, 1.54) is 5.56 Å². The van der Waals surface area contributed by atoms with E-state index >= 15 is 0 Å². The summed E-state index contributed by atoms with van der Waals surface area (Å²) in [7, 11) is 0. The van der Waals surface area contributed by atoms with Crippen LogP contribution in [0.1, 0.15) is 25.3 Å². The van der Waals surface area contributed by atoms with Gasteiger partial charge >= 0.3 is 0 Å². The van der Waals surface area contributed by atoms with Crippen LogP contribution in [-0.2, 0) is 6.54 Å². The van der Waals surface area contributed by atoms with Gasteiger partial charge in [-0.15, -0.1) is 12.3 Å². The molecule has 0 spiro atoms. The minimum Gasteiger partial charge on any atom is -0.494 e. The first-order valence-corrected chi connectivity index (χ1v) is 5.73. The number of unbranched alkanes of at least 4 members (excludes halogenated alkanes) is 1. The van der Waals surface area contributed by atoms with Crippen molar-refractivity contribution in [2.45, 2.75) is 26.3 Å². The van der Waals surface area contributed by atoms with Crippen LogP contribution in [0.5, 0.6) is 5.75 Å². The Labute approximate surface area is 98.0 Å². The summed E-state index contributed by atoms with van der Waals surface area (Å²) in [6.45, 7) is 4.48. The smallest absolute Gasteiger partial charge is 0.123 e. The average Bonchev–Trinajstić information content (AvgIpc) is 2.31. The van der Waals surface area contributed by atoms with E-state index in [4.69, 9.17) is 11.2 Å². The maximum atomic E-state index is 5.54. The molecular weight excluding hydrogens is 198 g/mol. The summed E-state index contributed by atoms with van der Waals surface area (Å²) in [5.41, 5.74) is 1.20. The van der Waals surface area contributed by atoms with Crippen molar-refractivity contribution >= 4 is 0 Å². The third-order valence-corrected chi connectivity index (χ3v) is 2.26. The Morgan fingerprint density at radius 3 is 2.94 bits per heavy atom. The lowest BCUT2D eigenvalue weighted by atomic mass is 10.2. The number of ether oxygens (including phenoxy) is 1. The number of benzene rings is 1. The fourth-order valence-electron chi connectivity index (χ4n) is 1.48. The normalized spacial score (nSPS) is 9.75. The zero-order valence-electron chi connectivity index (χ0n) is 9.83. The Morgan fingerprint density at radius 1 is 1.38 bits per heavy atom. The van der Waals surface area contributed by atoms with E-state index < -0.39 is 0 Å². The van der Waals surface area contributed by atoms with Crippen molar-refractivity contribution in [2.75, 3.05) is 13.2 Å². The van der Waals surface area contributed by atoms with Crippen LogP contribution in [0.15, 0.2) is 24.3 Å². The minimum absolute atomic E-state index is 0.702. The van der Waals surface area contributed by atoms with E-state index in [-0.39, 0.29) is 0 Å². The second-order valence-electron chi connectivity index (χ2n) is 3.53. The summed E-state index contributed by atoms with van der Waals surface area (Å²) in [6.07, 6.45) is 7.04. The number of nitrogens with one attached hydrogen (secondary N) is 1. The quantitative estimate of drug-likeness (QED) is 0.560. The maximum absolute atomic E-state index is 5.54. The summed E-state index contributed by atoms with van der Waals surface area (Å²) >= 11 is 0. The first-order valence-electron chi connectivity index (χ1n) is 5.73. The third kappa shape index (κ3) is 4.37. The summed E-state index contributed by atoms with van der Waals surface area (Å²) in [5.74, 6) is 3.60. The summed E-state index contributed by atoms with van der Waals surface area (Å²) < 4.78 is 5.54. The van der Waals surface area contributed by atoms with Gasteiger partial charge in [0, 0.05) is 18.5 Å². The molecule has 1 aromatic carbocycles. The molecule has 0 heterocycles. The molecule has 0 aliphatic rings. The molecule has 1 rings (SSSR count). The van der Waals surface area contributed by atoms with E-state index in [2.05, 4.69) is 17.3 Å². The Balaban J connectivity index is 2.38. The highest BCUT2D eigenvalue weighted by Gasteiger charge is 2.00. The molecule has 16 heavy (non-hydrogen) atoms. The summed E-state index contributed by atoms with van der Waals surface area (Å²) in [4.78, 5) is 0. The standard InChI is InChI=1S/C14H19NO/c1-3-5-8-11-15-12-13-9-6-7-10-14(13)16-4-2/h1,6-7,9-10,15H,4-5,8,11-12H2,2H3. The molecule has 86 valence electrons. The Bertz CT molecular complexity index is 341. The van der Waals surface area contributed by atoms with Crippen molar-refractivity contribution in [1.29, 1.82) is 0 Å². The lowest BCUT2D eigenvalue weighted by molar-refractivity contribution is 0.335. The molecule has 0 amide bonds. The monoisotopic (exact) mass is 217 g/mol. The first-order chi connectivity index (χ1) is 7.88. The van der Waals surface area contributed by atoms with E-state index in [1.807, 2.05) is 25.1 Å². The molecule has 1 aromatic rings. The average molecular weight is 217 g/mol. The van der Waals surface area contributed by atoms with Crippen molar-refractivity contribution in [3.8, 4) is 18.1 Å². The van der Waals surface area contributed by atoms with E-state index in [1.54, 1.807) is 0 Å². The molecule has 0 fully saturated rings. The molecule has 0 unspecified atom stereocenters. The fraction of sp³-hybridized carbons (Fsp3) is 0.429. The first kappa shape index (κ1) is 12.6. The van der Waals surface area contributed by atoms with Crippen LogP contribution in [-0.4, -0.2) is 13.2 Å². The highest BCUT2D eigenvalue weighted by atomic mass is 16.5. The largest absolute Gasteiger partial charge is 0.494 e. The van der Waals surface area contributed by atoms with Crippen molar-refractivity contribution < 1.29 is 4.74 Å². The second kappa shape index (κ2) is 7.78. The van der Waals surface area contributed by atoms with Gasteiger partial charge in [-0.05, 0) is 26.0 Å². The highest BCUT2D eigenvalue weighted by molar-refractivity contribution is 5.33. The summed E-state index contributed by atoms with van der Waals surface area (Å²) in [5, 5.41) is 3.36. The molecule has 0 aliphatic carbocycles. The number of rotatable bonds is 7. The molecule has 0 saturated carbocycles. The van der Waals surface area contributed by atoms with Gasteiger partial charge in [0.1, 0.15) is 5.75 Å². The van der Waals surface area contributed by atoms with E-state index in [0.29, 0.717) is 6.61 Å². The number of para-hydroxylation sites is 1. The predicted octanol–water partition coefficient (Wildman–Crippen LogP) is 2.59. The molecule has 2 heteroatoms. The van der Waals surface area contributed by atoms with Gasteiger partial charge in [0.15, 0.2) is 0 Å². The van der Waals surface area contributed by atoms with Crippen LogP contribution in [0.4, 0.5) is 0 Å². The zero-order chi connectivity index (χ0) is 11.6. The van der Waals surface area contributed by atoms with E-state index in [0.717, 1.165) is 31.7 Å². The topological polar surface area (TPSA) is 21.3 Å². The summed E-state index contributed by atoms with van der Waals surface area (Å²) in [6, 6.07) is 8.11. The van der Waals surface area contributed by atoms with Gasteiger partial charge in [-0.1, -0.05) is 18.2 Å². The highest BCUT2D eigenvalue weighted by Crippen LogP contribution is 2.17. The van der Waals surface area contributed by atoms with Crippen LogP contribution < -0.4 is 10.1 Å². The van der Waals surface area contributed by atoms with Crippen molar-refractivity contribution in [3.63, 3.8) is 0 Å². The SMILES string of the molecule is C#CCCCNCc1ccccc1OCC. The van der Waals surface area contributed by atoms with Crippen molar-refractivity contribution in [2.24, 2.45) is 0 Å². The molecule has 0 atom stereocenters. The predicted molar refractivity (Wildman–Crippen MR) is 67.4 cm³/mol. The molecule has 2 nitrogen and oxygen atoms in total. The van der Waals surface area contributed by atoms with Gasteiger partial charge in [0.05, 0.1) is 6.61 Å². The molecule has 0 aliphatic heterocycles. The van der Waals surface area contributed by atoms with Crippen molar-refractivity contribution in [1.82, 2.24) is 5.32 Å². The Morgan fingerprint density at radius 2 is 2.19 bits per heavy atom. The van der Waals surface area contributed by atoms with Gasteiger partial charge in [-0.3, -0.25) is 0 Å². The molecule has 0 bridgehead atoms. The minimum atomic E-state index is 0.702. The van der Waals surface area contributed by atoms with Gasteiger partial charge < -0.3 is 10.1 Å². The number of terminal acetylenes is 1. The lowest BCUT2D eigenvalue weighted by Gasteiger charge is -2.10. The van der Waals surface area contributed by atoms with Gasteiger partial charge in [0.2, 0.25) is 0 Å². The number of hydrogen-bond donors (Lipinski definition) is 1. The van der Waals surface area contributed by atoms with Gasteiger partial charge in [-0.2, -0.15) is 0 Å². The third-order valence-electron chi connectivity index (χ3n) is 2.26. The fourth-order valence-corrected chi connectivity index (χ4v) is 1.48. The number of hydrogen-bond acceptors (Lipinski definition) is 2. The van der Waals surface area contributed by atoms with Crippen LogP contribution >= 0.6 is 0 Å². The maximum Gasteiger partial charge on any atom is 0.123 e. The van der Waals surface area contributed by atoms with Crippen LogP contribution in [0, 0.1) is 12.3 Å². The molecule has 0 saturated heterocycles. The zero-order valence-corrected chi connectivity index (χ0v) is 9.83. The Kier molecular flexibility index (Phi) is 6.13. The van der Waals surface area contributed by atoms with E-state index in [9.17, 15) is 0 Å². The molecule has 0 radical (unpaired) electrons. The molecule has 0 aromatic heterocycles. The Hall–Kier alpha value is -1.46. The van der Waals surface area contributed by atoms with Crippen LogP contribution in [0.25, 0.3) is 0 Å². The second-order valence-corrected chi connectivity index (χ2v) is 3.53. The molecule has 1 N–H and O–H groups in total.